The number of carboxylic acids is 1. The summed E-state index contributed by atoms with van der Waals surface area (Å²) in [5.74, 6) is 0.539. The zero-order chi connectivity index (χ0) is 27.0. The zero-order valence-electron chi connectivity index (χ0n) is 21.6. The molecule has 5 rings (SSSR count). The fraction of sp³-hybridized carbons (Fsp3) is 0.250. The van der Waals surface area contributed by atoms with E-state index in [9.17, 15) is 14.7 Å². The molecule has 1 aliphatic heterocycles. The molecule has 0 aliphatic carbocycles. The van der Waals surface area contributed by atoms with Crippen molar-refractivity contribution in [3.05, 3.63) is 95.7 Å². The van der Waals surface area contributed by atoms with Crippen LogP contribution in [0.5, 0.6) is 11.5 Å². The van der Waals surface area contributed by atoms with Crippen LogP contribution in [-0.2, 0) is 20.9 Å². The first-order valence-electron chi connectivity index (χ1n) is 13.2. The van der Waals surface area contributed by atoms with Gasteiger partial charge in [0.1, 0.15) is 24.1 Å². The van der Waals surface area contributed by atoms with E-state index in [4.69, 9.17) is 14.2 Å². The van der Waals surface area contributed by atoms with E-state index >= 15 is 0 Å². The van der Waals surface area contributed by atoms with E-state index in [2.05, 4.69) is 0 Å². The van der Waals surface area contributed by atoms with Crippen LogP contribution in [0.4, 0.5) is 0 Å². The van der Waals surface area contributed by atoms with Gasteiger partial charge in [-0.25, -0.2) is 0 Å². The van der Waals surface area contributed by atoms with Crippen LogP contribution in [0.25, 0.3) is 23.1 Å². The Balaban J connectivity index is 1.21. The van der Waals surface area contributed by atoms with Gasteiger partial charge in [-0.05, 0) is 54.7 Å². The van der Waals surface area contributed by atoms with Crippen molar-refractivity contribution in [2.45, 2.75) is 38.3 Å². The topological polar surface area (TPSA) is 87.0 Å². The maximum absolute atomic E-state index is 11.7. The summed E-state index contributed by atoms with van der Waals surface area (Å²) in [4.78, 5) is 23.3. The summed E-state index contributed by atoms with van der Waals surface area (Å²) in [6.07, 6.45) is 8.21. The highest BCUT2D eigenvalue weighted by Crippen LogP contribution is 2.37. The van der Waals surface area contributed by atoms with Gasteiger partial charge in [0.2, 0.25) is 0 Å². The second-order valence-electron chi connectivity index (χ2n) is 9.49. The molecule has 1 N–H and O–H groups in total. The fourth-order valence-corrected chi connectivity index (χ4v) is 4.78. The number of carbonyl (C=O) groups is 2. The average molecular weight is 526 g/mol. The fourth-order valence-electron chi connectivity index (χ4n) is 4.78. The van der Waals surface area contributed by atoms with Gasteiger partial charge in [0.05, 0.1) is 18.7 Å². The molecule has 0 saturated carbocycles. The minimum atomic E-state index is -0.931. The Morgan fingerprint density at radius 2 is 1.64 bits per heavy atom. The third-order valence-electron chi connectivity index (χ3n) is 6.65. The molecule has 7 nitrogen and oxygen atoms in total. The molecule has 0 radical (unpaired) electrons. The lowest BCUT2D eigenvalue weighted by Crippen LogP contribution is -2.08. The quantitative estimate of drug-likeness (QED) is 0.129. The lowest BCUT2D eigenvalue weighted by atomic mass is 10.0. The molecular formula is C32H31NO6. The number of carbonyl (C=O) groups excluding carboxylic acids is 1. The first-order valence-corrected chi connectivity index (χ1v) is 13.2. The van der Waals surface area contributed by atoms with E-state index in [1.54, 1.807) is 10.8 Å². The summed E-state index contributed by atoms with van der Waals surface area (Å²) in [6.45, 7) is 1.11. The largest absolute Gasteiger partial charge is 0.494 e. The Bertz CT molecular complexity index is 1460. The molecule has 0 spiro atoms. The van der Waals surface area contributed by atoms with Gasteiger partial charge >= 0.3 is 11.9 Å². The number of hydrogen-bond acceptors (Lipinski definition) is 5. The second-order valence-corrected chi connectivity index (χ2v) is 9.49. The molecule has 1 atom stereocenters. The highest BCUT2D eigenvalue weighted by Gasteiger charge is 2.28. The first-order chi connectivity index (χ1) is 19.1. The van der Waals surface area contributed by atoms with Crippen LogP contribution < -0.4 is 9.47 Å². The Kier molecular flexibility index (Phi) is 8.26. The number of carboxylic acid groups (broad SMARTS) is 1. The molecule has 1 unspecified atom stereocenters. The summed E-state index contributed by atoms with van der Waals surface area (Å²) >= 11 is 0. The van der Waals surface area contributed by atoms with Gasteiger partial charge in [-0.3, -0.25) is 9.59 Å². The van der Waals surface area contributed by atoms with Crippen molar-refractivity contribution in [3.8, 4) is 11.5 Å². The van der Waals surface area contributed by atoms with Gasteiger partial charge in [-0.2, -0.15) is 0 Å². The van der Waals surface area contributed by atoms with E-state index < -0.39 is 5.97 Å². The van der Waals surface area contributed by atoms with Gasteiger partial charge < -0.3 is 23.9 Å². The molecule has 4 aromatic rings. The predicted molar refractivity (Wildman–Crippen MR) is 150 cm³/mol. The van der Waals surface area contributed by atoms with Gasteiger partial charge in [-0.1, -0.05) is 60.7 Å². The molecule has 1 aromatic heterocycles. The lowest BCUT2D eigenvalue weighted by molar-refractivity contribution is -0.141. The minimum Gasteiger partial charge on any atom is -0.494 e. The molecule has 2 heterocycles. The molecule has 0 amide bonds. The number of ether oxygens (including phenoxy) is 3. The number of nitrogens with zero attached hydrogens (tertiary/aromatic N) is 1. The number of unbranched alkanes of at least 4 members (excludes halogenated alkanes) is 1. The van der Waals surface area contributed by atoms with Crippen LogP contribution in [0, 0.1) is 0 Å². The van der Waals surface area contributed by atoms with Crippen LogP contribution in [0.3, 0.4) is 0 Å². The number of aromatic nitrogens is 1. The number of esters is 1. The SMILES string of the molecule is O=C(O)Cn1cc(C2CCC(=O)O2)c2cccc(/C=C/c3ccc(OCCCCOc4ccccc4)cc3)c21. The van der Waals surface area contributed by atoms with E-state index in [-0.39, 0.29) is 18.6 Å². The highest BCUT2D eigenvalue weighted by atomic mass is 16.5. The maximum atomic E-state index is 11.7. The van der Waals surface area contributed by atoms with E-state index in [0.717, 1.165) is 51.9 Å². The van der Waals surface area contributed by atoms with Crippen LogP contribution in [0.15, 0.2) is 79.0 Å². The number of para-hydroxylation sites is 2. The lowest BCUT2D eigenvalue weighted by Gasteiger charge is -2.08. The smallest absolute Gasteiger partial charge is 0.323 e. The van der Waals surface area contributed by atoms with Gasteiger partial charge in [0.15, 0.2) is 0 Å². The number of benzene rings is 3. The molecule has 1 saturated heterocycles. The van der Waals surface area contributed by atoms with Crippen LogP contribution in [-0.4, -0.2) is 34.8 Å². The predicted octanol–water partition coefficient (Wildman–Crippen LogP) is 6.51. The molecule has 0 bridgehead atoms. The normalized spacial score (nSPS) is 15.1. The van der Waals surface area contributed by atoms with Crippen molar-refractivity contribution in [3.63, 3.8) is 0 Å². The molecule has 7 heteroatoms. The molecule has 3 aromatic carbocycles. The molecule has 1 aliphatic rings. The summed E-state index contributed by atoms with van der Waals surface area (Å²) in [6, 6.07) is 23.5. The zero-order valence-corrected chi connectivity index (χ0v) is 21.6. The van der Waals surface area contributed by atoms with Crippen molar-refractivity contribution in [1.29, 1.82) is 0 Å². The highest BCUT2D eigenvalue weighted by molar-refractivity contribution is 5.94. The van der Waals surface area contributed by atoms with Crippen molar-refractivity contribution in [1.82, 2.24) is 4.57 Å². The Morgan fingerprint density at radius 3 is 2.31 bits per heavy atom. The average Bonchev–Trinajstić information content (AvgIpc) is 3.54. The first kappa shape index (κ1) is 26.1. The molecule has 200 valence electrons. The van der Waals surface area contributed by atoms with Gasteiger partial charge in [-0.15, -0.1) is 0 Å². The van der Waals surface area contributed by atoms with Crippen molar-refractivity contribution >= 4 is 35.0 Å². The van der Waals surface area contributed by atoms with Gasteiger partial charge in [0.25, 0.3) is 0 Å². The van der Waals surface area contributed by atoms with Crippen molar-refractivity contribution in [2.75, 3.05) is 13.2 Å². The number of rotatable bonds is 12. The minimum absolute atomic E-state index is 0.174. The third kappa shape index (κ3) is 6.68. The monoisotopic (exact) mass is 525 g/mol. The van der Waals surface area contributed by atoms with E-state index in [0.29, 0.717) is 26.1 Å². The summed E-state index contributed by atoms with van der Waals surface area (Å²) in [7, 11) is 0. The summed E-state index contributed by atoms with van der Waals surface area (Å²) in [5, 5.41) is 10.4. The van der Waals surface area contributed by atoms with Crippen molar-refractivity contribution < 1.29 is 28.9 Å². The number of fused-ring (bicyclic) bond motifs is 1. The molecule has 1 fully saturated rings. The van der Waals surface area contributed by atoms with Crippen LogP contribution >= 0.6 is 0 Å². The Morgan fingerprint density at radius 1 is 0.923 bits per heavy atom. The standard InChI is InChI=1S/C32H31NO6/c34-30(35)22-33-21-28(29-17-18-31(36)39-29)27-10-6-7-24(32(27)33)14-11-23-12-15-26(16-13-23)38-20-5-4-19-37-25-8-2-1-3-9-25/h1-3,6-16,21,29H,4-5,17-20,22H2,(H,34,35)/b14-11+. The summed E-state index contributed by atoms with van der Waals surface area (Å²) < 4.78 is 18.8. The summed E-state index contributed by atoms with van der Waals surface area (Å²) in [5.41, 5.74) is 3.55. The third-order valence-corrected chi connectivity index (χ3v) is 6.65. The number of aliphatic carboxylic acids is 1. The molecular weight excluding hydrogens is 494 g/mol. The second kappa shape index (κ2) is 12.3. The molecule has 39 heavy (non-hydrogen) atoms. The maximum Gasteiger partial charge on any atom is 0.323 e. The van der Waals surface area contributed by atoms with Crippen molar-refractivity contribution in [2.24, 2.45) is 0 Å². The Hall–Kier alpha value is -4.52. The van der Waals surface area contributed by atoms with E-state index in [1.807, 2.05) is 84.9 Å². The number of hydrogen-bond donors (Lipinski definition) is 1. The van der Waals surface area contributed by atoms with Crippen LogP contribution in [0.2, 0.25) is 0 Å². The number of cyclic esters (lactones) is 1. The van der Waals surface area contributed by atoms with Crippen LogP contribution in [0.1, 0.15) is 48.5 Å². The Labute approximate surface area is 227 Å². The van der Waals surface area contributed by atoms with Gasteiger partial charge in [0, 0.05) is 23.6 Å². The van der Waals surface area contributed by atoms with E-state index in [1.165, 1.54) is 0 Å².